The molecule has 0 amide bonds. The molecule has 1 aromatic heterocycles. The molecule has 7 nitrogen and oxygen atoms in total. The summed E-state index contributed by atoms with van der Waals surface area (Å²) in [6.07, 6.45) is 5.40. The van der Waals surface area contributed by atoms with Crippen molar-refractivity contribution in [1.82, 2.24) is 15.6 Å². The number of rotatable bonds is 10. The van der Waals surface area contributed by atoms with Gasteiger partial charge in [0.25, 0.3) is 0 Å². The van der Waals surface area contributed by atoms with Gasteiger partial charge in [-0.1, -0.05) is 12.1 Å². The van der Waals surface area contributed by atoms with Crippen molar-refractivity contribution in [1.29, 1.82) is 0 Å². The number of benzene rings is 1. The van der Waals surface area contributed by atoms with Crippen LogP contribution in [0.2, 0.25) is 0 Å². The minimum absolute atomic E-state index is 0. The Labute approximate surface area is 213 Å². The van der Waals surface area contributed by atoms with Crippen LogP contribution in [0.5, 0.6) is 11.6 Å². The lowest BCUT2D eigenvalue weighted by atomic mass is 10.1. The van der Waals surface area contributed by atoms with E-state index in [1.165, 1.54) is 18.4 Å². The minimum Gasteiger partial charge on any atom is -0.493 e. The summed E-state index contributed by atoms with van der Waals surface area (Å²) in [5.74, 6) is 3.53. The SMILES string of the molecule is CN=C(NCc1ccnc(OCC2CC2)c1)NCc1ccc(C)cc1OCC1CCOC1.I. The van der Waals surface area contributed by atoms with Gasteiger partial charge in [0.15, 0.2) is 5.96 Å². The number of hydrogen-bond acceptors (Lipinski definition) is 5. The van der Waals surface area contributed by atoms with Gasteiger partial charge < -0.3 is 24.8 Å². The maximum Gasteiger partial charge on any atom is 0.213 e. The molecule has 2 heterocycles. The Kier molecular flexibility index (Phi) is 10.1. The van der Waals surface area contributed by atoms with E-state index in [4.69, 9.17) is 14.2 Å². The zero-order chi connectivity index (χ0) is 22.2. The zero-order valence-electron chi connectivity index (χ0n) is 19.5. The lowest BCUT2D eigenvalue weighted by molar-refractivity contribution is 0.166. The second-order valence-corrected chi connectivity index (χ2v) is 8.69. The molecule has 0 bridgehead atoms. The number of aliphatic imine (C=N–C) groups is 1. The largest absolute Gasteiger partial charge is 0.493 e. The molecule has 4 rings (SSSR count). The summed E-state index contributed by atoms with van der Waals surface area (Å²) >= 11 is 0. The van der Waals surface area contributed by atoms with Crippen molar-refractivity contribution >= 4 is 29.9 Å². The number of pyridine rings is 1. The van der Waals surface area contributed by atoms with Crippen molar-refractivity contribution in [2.75, 3.05) is 33.5 Å². The highest BCUT2D eigenvalue weighted by atomic mass is 127. The first-order chi connectivity index (χ1) is 15.7. The lowest BCUT2D eigenvalue weighted by Crippen LogP contribution is -2.36. The molecular formula is C25H35IN4O3. The summed E-state index contributed by atoms with van der Waals surface area (Å²) in [6, 6.07) is 10.3. The van der Waals surface area contributed by atoms with Gasteiger partial charge in [0.2, 0.25) is 5.88 Å². The average molecular weight is 566 g/mol. The predicted octanol–water partition coefficient (Wildman–Crippen LogP) is 4.08. The molecule has 8 heteroatoms. The van der Waals surface area contributed by atoms with E-state index in [-0.39, 0.29) is 24.0 Å². The van der Waals surface area contributed by atoms with Gasteiger partial charge >= 0.3 is 0 Å². The molecule has 2 fully saturated rings. The van der Waals surface area contributed by atoms with E-state index in [0.717, 1.165) is 49.1 Å². The minimum atomic E-state index is 0. The number of aryl methyl sites for hydroxylation is 1. The summed E-state index contributed by atoms with van der Waals surface area (Å²) in [5, 5.41) is 6.76. The van der Waals surface area contributed by atoms with Gasteiger partial charge in [0, 0.05) is 50.5 Å². The van der Waals surface area contributed by atoms with Gasteiger partial charge in [-0.2, -0.15) is 0 Å². The summed E-state index contributed by atoms with van der Waals surface area (Å²) in [6.45, 7) is 6.44. The summed E-state index contributed by atoms with van der Waals surface area (Å²) in [4.78, 5) is 8.66. The Morgan fingerprint density at radius 3 is 2.64 bits per heavy atom. The van der Waals surface area contributed by atoms with Crippen LogP contribution >= 0.6 is 24.0 Å². The average Bonchev–Trinajstić information content (AvgIpc) is 3.50. The Morgan fingerprint density at radius 1 is 1.06 bits per heavy atom. The van der Waals surface area contributed by atoms with E-state index in [0.29, 0.717) is 37.4 Å². The van der Waals surface area contributed by atoms with Crippen LogP contribution in [0.25, 0.3) is 0 Å². The first-order valence-electron chi connectivity index (χ1n) is 11.5. The molecular weight excluding hydrogens is 531 g/mol. The second kappa shape index (κ2) is 13.0. The fourth-order valence-corrected chi connectivity index (χ4v) is 3.58. The van der Waals surface area contributed by atoms with Crippen LogP contribution in [0.3, 0.4) is 0 Å². The van der Waals surface area contributed by atoms with E-state index in [9.17, 15) is 0 Å². The third-order valence-corrected chi connectivity index (χ3v) is 5.81. The maximum atomic E-state index is 6.15. The molecule has 1 saturated heterocycles. The lowest BCUT2D eigenvalue weighted by Gasteiger charge is -2.17. The highest BCUT2D eigenvalue weighted by Crippen LogP contribution is 2.29. The van der Waals surface area contributed by atoms with E-state index in [1.54, 1.807) is 13.2 Å². The molecule has 1 aromatic carbocycles. The maximum absolute atomic E-state index is 6.15. The first-order valence-corrected chi connectivity index (χ1v) is 11.5. The van der Waals surface area contributed by atoms with Crippen LogP contribution in [0.1, 0.15) is 36.0 Å². The van der Waals surface area contributed by atoms with Crippen LogP contribution in [-0.2, 0) is 17.8 Å². The Hall–Kier alpha value is -2.07. The second-order valence-electron chi connectivity index (χ2n) is 8.69. The normalized spacial score (nSPS) is 17.9. The number of ether oxygens (including phenoxy) is 3. The Bertz CT molecular complexity index is 914. The number of guanidine groups is 1. The molecule has 0 spiro atoms. The van der Waals surface area contributed by atoms with Gasteiger partial charge in [-0.3, -0.25) is 4.99 Å². The Balaban J connectivity index is 0.00000306. The third-order valence-electron chi connectivity index (χ3n) is 5.81. The van der Waals surface area contributed by atoms with Crippen molar-refractivity contribution in [2.24, 2.45) is 16.8 Å². The quantitative estimate of drug-likeness (QED) is 0.257. The van der Waals surface area contributed by atoms with Gasteiger partial charge in [-0.25, -0.2) is 4.98 Å². The molecule has 2 aromatic rings. The summed E-state index contributed by atoms with van der Waals surface area (Å²) < 4.78 is 17.4. The van der Waals surface area contributed by atoms with E-state index < -0.39 is 0 Å². The zero-order valence-corrected chi connectivity index (χ0v) is 21.8. The molecule has 2 N–H and O–H groups in total. The molecule has 1 atom stereocenters. The van der Waals surface area contributed by atoms with Crippen LogP contribution in [0.4, 0.5) is 0 Å². The number of nitrogens with zero attached hydrogens (tertiary/aromatic N) is 2. The molecule has 180 valence electrons. The number of nitrogens with one attached hydrogen (secondary N) is 2. The monoisotopic (exact) mass is 566 g/mol. The molecule has 0 radical (unpaired) electrons. The van der Waals surface area contributed by atoms with Gasteiger partial charge in [-0.05, 0) is 55.4 Å². The number of hydrogen-bond donors (Lipinski definition) is 2. The van der Waals surface area contributed by atoms with Crippen LogP contribution < -0.4 is 20.1 Å². The molecule has 1 unspecified atom stereocenters. The van der Waals surface area contributed by atoms with Crippen molar-refractivity contribution in [2.45, 2.75) is 39.3 Å². The smallest absolute Gasteiger partial charge is 0.213 e. The Morgan fingerprint density at radius 2 is 1.88 bits per heavy atom. The summed E-state index contributed by atoms with van der Waals surface area (Å²) in [5.41, 5.74) is 3.40. The van der Waals surface area contributed by atoms with Gasteiger partial charge in [0.05, 0.1) is 19.8 Å². The van der Waals surface area contributed by atoms with Crippen molar-refractivity contribution in [3.63, 3.8) is 0 Å². The highest BCUT2D eigenvalue weighted by molar-refractivity contribution is 14.0. The highest BCUT2D eigenvalue weighted by Gasteiger charge is 2.22. The van der Waals surface area contributed by atoms with Gasteiger partial charge in [-0.15, -0.1) is 24.0 Å². The standard InChI is InChI=1S/C25H34N4O3.HI/c1-18-3-6-22(23(11-18)31-17-21-8-10-30-15-21)14-29-25(26-2)28-13-20-7-9-27-24(12-20)32-16-19-4-5-19;/h3,6-7,9,11-12,19,21H,4-5,8,10,13-17H2,1-2H3,(H2,26,28,29);1H. The first kappa shape index (κ1) is 25.6. The fraction of sp³-hybridized carbons (Fsp3) is 0.520. The molecule has 33 heavy (non-hydrogen) atoms. The number of aromatic nitrogens is 1. The van der Waals surface area contributed by atoms with Gasteiger partial charge in [0.1, 0.15) is 5.75 Å². The third kappa shape index (κ3) is 8.33. The molecule has 2 aliphatic rings. The molecule has 1 aliphatic heterocycles. The number of halogens is 1. The predicted molar refractivity (Wildman–Crippen MR) is 141 cm³/mol. The van der Waals surface area contributed by atoms with Crippen LogP contribution in [0.15, 0.2) is 41.5 Å². The molecule has 1 aliphatic carbocycles. The van der Waals surface area contributed by atoms with E-state index >= 15 is 0 Å². The van der Waals surface area contributed by atoms with Crippen LogP contribution in [0, 0.1) is 18.8 Å². The van der Waals surface area contributed by atoms with Crippen molar-refractivity contribution in [3.8, 4) is 11.6 Å². The van der Waals surface area contributed by atoms with Crippen molar-refractivity contribution in [3.05, 3.63) is 53.2 Å². The fourth-order valence-electron chi connectivity index (χ4n) is 3.58. The van der Waals surface area contributed by atoms with E-state index in [1.807, 2.05) is 12.1 Å². The van der Waals surface area contributed by atoms with E-state index in [2.05, 4.69) is 45.7 Å². The molecule has 1 saturated carbocycles. The van der Waals surface area contributed by atoms with Crippen molar-refractivity contribution < 1.29 is 14.2 Å². The van der Waals surface area contributed by atoms with Crippen LogP contribution in [-0.4, -0.2) is 44.4 Å². The topological polar surface area (TPSA) is 77.0 Å². The summed E-state index contributed by atoms with van der Waals surface area (Å²) in [7, 11) is 1.78.